The quantitative estimate of drug-likeness (QED) is 0.882. The molecular weight excluding hydrogens is 274 g/mol. The predicted molar refractivity (Wildman–Crippen MR) is 80.1 cm³/mol. The summed E-state index contributed by atoms with van der Waals surface area (Å²) < 4.78 is 5.75. The van der Waals surface area contributed by atoms with Crippen molar-refractivity contribution in [3.63, 3.8) is 0 Å². The van der Waals surface area contributed by atoms with Gasteiger partial charge in [0.25, 0.3) is 0 Å². The average Bonchev–Trinajstić information content (AvgIpc) is 2.40. The molecule has 0 fully saturated rings. The Kier molecular flexibility index (Phi) is 5.32. The topological polar surface area (TPSA) is 47.0 Å². The van der Waals surface area contributed by atoms with E-state index in [-0.39, 0.29) is 0 Å². The van der Waals surface area contributed by atoms with Crippen molar-refractivity contribution in [3.05, 3.63) is 47.4 Å². The number of rotatable bonds is 6. The second kappa shape index (κ2) is 7.22. The van der Waals surface area contributed by atoms with Gasteiger partial charge in [-0.1, -0.05) is 31.5 Å². The van der Waals surface area contributed by atoms with Crippen molar-refractivity contribution >= 4 is 11.6 Å². The first-order valence-electron chi connectivity index (χ1n) is 6.58. The van der Waals surface area contributed by atoms with Gasteiger partial charge in [-0.3, -0.25) is 4.98 Å². The Morgan fingerprint density at radius 1 is 1.35 bits per heavy atom. The van der Waals surface area contributed by atoms with Crippen LogP contribution in [0.15, 0.2) is 36.8 Å². The number of nitrogens with zero attached hydrogens (tertiary/aromatic N) is 2. The first-order chi connectivity index (χ1) is 9.65. The lowest BCUT2D eigenvalue weighted by atomic mass is 10.2. The molecule has 0 bridgehead atoms. The van der Waals surface area contributed by atoms with Crippen LogP contribution < -0.4 is 10.1 Å². The maximum Gasteiger partial charge on any atom is 0.223 e. The van der Waals surface area contributed by atoms with Gasteiger partial charge in [0, 0.05) is 30.6 Å². The van der Waals surface area contributed by atoms with Crippen molar-refractivity contribution in [1.29, 1.82) is 0 Å². The molecule has 2 aromatic rings. The normalized spacial score (nSPS) is 10.8. The number of hydrogen-bond acceptors (Lipinski definition) is 4. The molecule has 0 atom stereocenters. The third-order valence-corrected chi connectivity index (χ3v) is 2.82. The van der Waals surface area contributed by atoms with Gasteiger partial charge in [0.15, 0.2) is 0 Å². The van der Waals surface area contributed by atoms with Crippen molar-refractivity contribution in [2.45, 2.75) is 20.4 Å². The maximum atomic E-state index is 5.89. The fraction of sp³-hybridized carbons (Fsp3) is 0.333. The summed E-state index contributed by atoms with van der Waals surface area (Å²) in [4.78, 5) is 8.26. The molecule has 2 rings (SSSR count). The first kappa shape index (κ1) is 14.8. The van der Waals surface area contributed by atoms with Crippen LogP contribution in [0.1, 0.15) is 19.4 Å². The molecule has 2 aromatic heterocycles. The number of pyridine rings is 2. The highest BCUT2D eigenvalue weighted by Crippen LogP contribution is 2.24. The molecule has 0 radical (unpaired) electrons. The number of halogens is 1. The zero-order chi connectivity index (χ0) is 14.4. The summed E-state index contributed by atoms with van der Waals surface area (Å²) in [6, 6.07) is 5.61. The lowest BCUT2D eigenvalue weighted by Crippen LogP contribution is -2.19. The molecule has 0 unspecified atom stereocenters. The zero-order valence-electron chi connectivity index (χ0n) is 11.6. The van der Waals surface area contributed by atoms with Crippen LogP contribution in [0.4, 0.5) is 0 Å². The van der Waals surface area contributed by atoms with E-state index in [4.69, 9.17) is 16.3 Å². The smallest absolute Gasteiger partial charge is 0.223 e. The lowest BCUT2D eigenvalue weighted by Gasteiger charge is -2.11. The highest BCUT2D eigenvalue weighted by atomic mass is 35.5. The van der Waals surface area contributed by atoms with Gasteiger partial charge in [-0.2, -0.15) is 0 Å². The molecule has 0 aliphatic rings. The summed E-state index contributed by atoms with van der Waals surface area (Å²) in [6.45, 7) is 6.01. The Bertz CT molecular complexity index is 560. The summed E-state index contributed by atoms with van der Waals surface area (Å²) >= 11 is 5.89. The Labute approximate surface area is 124 Å². The highest BCUT2D eigenvalue weighted by Gasteiger charge is 2.07. The predicted octanol–water partition coefficient (Wildman–Crippen LogP) is 3.67. The Morgan fingerprint density at radius 3 is 2.95 bits per heavy atom. The van der Waals surface area contributed by atoms with Crippen molar-refractivity contribution in [1.82, 2.24) is 15.3 Å². The molecule has 0 saturated heterocycles. The Morgan fingerprint density at radius 2 is 2.20 bits per heavy atom. The third kappa shape index (κ3) is 4.47. The highest BCUT2D eigenvalue weighted by molar-refractivity contribution is 6.30. The van der Waals surface area contributed by atoms with Gasteiger partial charge >= 0.3 is 0 Å². The minimum Gasteiger partial charge on any atom is -0.437 e. The molecule has 0 amide bonds. The van der Waals surface area contributed by atoms with Gasteiger partial charge in [-0.15, -0.1) is 0 Å². The van der Waals surface area contributed by atoms with E-state index in [9.17, 15) is 0 Å². The molecular formula is C15H18ClN3O. The van der Waals surface area contributed by atoms with Gasteiger partial charge in [-0.25, -0.2) is 4.98 Å². The molecule has 106 valence electrons. The second-order valence-electron chi connectivity index (χ2n) is 4.93. The van der Waals surface area contributed by atoms with Crippen LogP contribution >= 0.6 is 11.6 Å². The van der Waals surface area contributed by atoms with Crippen molar-refractivity contribution in [2.75, 3.05) is 6.54 Å². The van der Waals surface area contributed by atoms with Gasteiger partial charge in [0.1, 0.15) is 5.75 Å². The maximum absolute atomic E-state index is 5.89. The van der Waals surface area contributed by atoms with Crippen molar-refractivity contribution < 1.29 is 4.74 Å². The first-order valence-corrected chi connectivity index (χ1v) is 6.96. The SMILES string of the molecule is CC(C)CNCc1cccnc1Oc1cncc(Cl)c1. The van der Waals surface area contributed by atoms with Gasteiger partial charge in [0.05, 0.1) is 11.2 Å². The summed E-state index contributed by atoms with van der Waals surface area (Å²) in [7, 11) is 0. The second-order valence-corrected chi connectivity index (χ2v) is 5.37. The summed E-state index contributed by atoms with van der Waals surface area (Å²) in [5.41, 5.74) is 1.01. The number of nitrogens with one attached hydrogen (secondary N) is 1. The van der Waals surface area contributed by atoms with Crippen LogP contribution in [0.25, 0.3) is 0 Å². The molecule has 0 aliphatic heterocycles. The van der Waals surface area contributed by atoms with Crippen molar-refractivity contribution in [3.8, 4) is 11.6 Å². The minimum atomic E-state index is 0.540. The minimum absolute atomic E-state index is 0.540. The van der Waals surface area contributed by atoms with E-state index in [0.717, 1.165) is 18.7 Å². The molecule has 0 spiro atoms. The zero-order valence-corrected chi connectivity index (χ0v) is 12.4. The van der Waals surface area contributed by atoms with Crippen molar-refractivity contribution in [2.24, 2.45) is 5.92 Å². The number of hydrogen-bond donors (Lipinski definition) is 1. The summed E-state index contributed by atoms with van der Waals surface area (Å²) in [5.74, 6) is 1.77. The summed E-state index contributed by atoms with van der Waals surface area (Å²) in [5, 5.41) is 3.92. The number of aromatic nitrogens is 2. The van der Waals surface area contributed by atoms with E-state index in [0.29, 0.717) is 22.6 Å². The Hall–Kier alpha value is -1.65. The average molecular weight is 292 g/mol. The molecule has 4 nitrogen and oxygen atoms in total. The molecule has 1 N–H and O–H groups in total. The van der Waals surface area contributed by atoms with Gasteiger partial charge in [-0.05, 0) is 18.5 Å². The van der Waals surface area contributed by atoms with E-state index in [2.05, 4.69) is 29.1 Å². The van der Waals surface area contributed by atoms with E-state index < -0.39 is 0 Å². The standard InChI is InChI=1S/C15H18ClN3O/c1-11(2)7-17-8-12-4-3-5-19-15(12)20-14-6-13(16)9-18-10-14/h3-6,9-11,17H,7-8H2,1-2H3. The third-order valence-electron chi connectivity index (χ3n) is 2.61. The molecule has 0 saturated carbocycles. The Balaban J connectivity index is 2.07. The van der Waals surface area contributed by atoms with Gasteiger partial charge < -0.3 is 10.1 Å². The van der Waals surface area contributed by atoms with Crippen LogP contribution in [0.3, 0.4) is 0 Å². The summed E-state index contributed by atoms with van der Waals surface area (Å²) in [6.07, 6.45) is 4.89. The van der Waals surface area contributed by atoms with E-state index in [1.54, 1.807) is 24.7 Å². The van der Waals surface area contributed by atoms with Crippen LogP contribution in [0.5, 0.6) is 11.6 Å². The molecule has 5 heteroatoms. The van der Waals surface area contributed by atoms with E-state index >= 15 is 0 Å². The molecule has 0 aromatic carbocycles. The fourth-order valence-electron chi connectivity index (χ4n) is 1.71. The van der Waals surface area contributed by atoms with E-state index in [1.165, 1.54) is 0 Å². The molecule has 0 aliphatic carbocycles. The molecule has 2 heterocycles. The van der Waals surface area contributed by atoms with Crippen LogP contribution in [-0.4, -0.2) is 16.5 Å². The number of ether oxygens (including phenoxy) is 1. The monoisotopic (exact) mass is 291 g/mol. The van der Waals surface area contributed by atoms with Crippen LogP contribution in [0.2, 0.25) is 5.02 Å². The lowest BCUT2D eigenvalue weighted by molar-refractivity contribution is 0.448. The van der Waals surface area contributed by atoms with Gasteiger partial charge in [0.2, 0.25) is 5.88 Å². The van der Waals surface area contributed by atoms with Crippen LogP contribution in [-0.2, 0) is 6.54 Å². The largest absolute Gasteiger partial charge is 0.437 e. The van der Waals surface area contributed by atoms with Crippen LogP contribution in [0, 0.1) is 5.92 Å². The van der Waals surface area contributed by atoms with E-state index in [1.807, 2.05) is 12.1 Å². The fourth-order valence-corrected chi connectivity index (χ4v) is 1.87. The molecule has 20 heavy (non-hydrogen) atoms.